The smallest absolute Gasteiger partial charge is 0.375 e. The first-order valence-corrected chi connectivity index (χ1v) is 10.4. The quantitative estimate of drug-likeness (QED) is 0.759. The summed E-state index contributed by atoms with van der Waals surface area (Å²) in [4.78, 5) is 28.9. The second-order valence-electron chi connectivity index (χ2n) is 5.63. The van der Waals surface area contributed by atoms with E-state index < -0.39 is 12.1 Å². The number of aliphatic imine (C=N–C) groups is 1. The zero-order valence-corrected chi connectivity index (χ0v) is 16.2. The molecule has 1 atom stereocenters. The van der Waals surface area contributed by atoms with E-state index in [0.29, 0.717) is 17.9 Å². The van der Waals surface area contributed by atoms with Crippen LogP contribution in [0.15, 0.2) is 33.7 Å². The summed E-state index contributed by atoms with van der Waals surface area (Å²) in [6.45, 7) is 4.67. The van der Waals surface area contributed by atoms with Gasteiger partial charge >= 0.3 is 5.97 Å². The van der Waals surface area contributed by atoms with Gasteiger partial charge in [0.05, 0.1) is 6.54 Å². The van der Waals surface area contributed by atoms with Gasteiger partial charge in [-0.05, 0) is 19.9 Å². The Balaban J connectivity index is 1.82. The maximum Gasteiger partial charge on any atom is 0.375 e. The number of nitrogens with zero attached hydrogens (tertiary/aromatic N) is 1. The molecule has 0 saturated heterocycles. The van der Waals surface area contributed by atoms with Gasteiger partial charge in [-0.1, -0.05) is 41.7 Å². The van der Waals surface area contributed by atoms with Crippen LogP contribution in [0.25, 0.3) is 11.0 Å². The van der Waals surface area contributed by atoms with Crippen molar-refractivity contribution in [3.8, 4) is 0 Å². The molecule has 8 heteroatoms. The van der Waals surface area contributed by atoms with Gasteiger partial charge in [-0.15, -0.1) is 0 Å². The van der Waals surface area contributed by atoms with Crippen molar-refractivity contribution in [3.05, 3.63) is 35.6 Å². The third kappa shape index (κ3) is 4.24. The van der Waals surface area contributed by atoms with Crippen molar-refractivity contribution in [1.82, 2.24) is 5.32 Å². The summed E-state index contributed by atoms with van der Waals surface area (Å²) in [6, 6.07) is 7.49. The molecule has 6 nitrogen and oxygen atoms in total. The Kier molecular flexibility index (Phi) is 6.26. The van der Waals surface area contributed by atoms with Gasteiger partial charge in [0, 0.05) is 29.0 Å². The number of hydrogen-bond acceptors (Lipinski definition) is 7. The lowest BCUT2D eigenvalue weighted by Gasteiger charge is -2.12. The van der Waals surface area contributed by atoms with Crippen LogP contribution in [-0.4, -0.2) is 41.2 Å². The summed E-state index contributed by atoms with van der Waals surface area (Å²) in [5, 5.41) is 3.51. The molecule has 1 aromatic heterocycles. The topological polar surface area (TPSA) is 80.9 Å². The number of hydrogen-bond donors (Lipinski definition) is 1. The minimum atomic E-state index is -0.883. The average Bonchev–Trinajstić information content (AvgIpc) is 3.27. The fourth-order valence-electron chi connectivity index (χ4n) is 2.53. The van der Waals surface area contributed by atoms with Gasteiger partial charge in [0.25, 0.3) is 5.91 Å². The predicted octanol–water partition coefficient (Wildman–Crippen LogP) is 3.45. The first-order valence-electron chi connectivity index (χ1n) is 8.39. The second-order valence-corrected chi connectivity index (χ2v) is 7.94. The van der Waals surface area contributed by atoms with Crippen LogP contribution in [0.5, 0.6) is 0 Å². The number of carbonyl (C=O) groups is 2. The Morgan fingerprint density at radius 2 is 2.23 bits per heavy atom. The van der Waals surface area contributed by atoms with Crippen molar-refractivity contribution in [3.63, 3.8) is 0 Å². The number of rotatable bonds is 6. The molecule has 0 saturated carbocycles. The highest BCUT2D eigenvalue weighted by atomic mass is 32.2. The van der Waals surface area contributed by atoms with Gasteiger partial charge < -0.3 is 14.5 Å². The van der Waals surface area contributed by atoms with Gasteiger partial charge in [0.1, 0.15) is 9.96 Å². The Morgan fingerprint density at radius 3 is 2.96 bits per heavy atom. The van der Waals surface area contributed by atoms with E-state index in [9.17, 15) is 9.59 Å². The molecular weight excluding hydrogens is 372 g/mol. The highest BCUT2D eigenvalue weighted by Gasteiger charge is 2.26. The Hall–Kier alpha value is -1.93. The predicted molar refractivity (Wildman–Crippen MR) is 106 cm³/mol. The fraction of sp³-hybridized carbons (Fsp3) is 0.389. The summed E-state index contributed by atoms with van der Waals surface area (Å²) in [7, 11) is 0. The normalized spacial score (nSPS) is 14.9. The van der Waals surface area contributed by atoms with Crippen molar-refractivity contribution in [2.24, 2.45) is 4.99 Å². The third-order valence-electron chi connectivity index (χ3n) is 3.79. The van der Waals surface area contributed by atoms with E-state index in [2.05, 4.69) is 10.3 Å². The first kappa shape index (κ1) is 18.8. The van der Waals surface area contributed by atoms with Crippen LogP contribution in [0, 0.1) is 0 Å². The highest BCUT2D eigenvalue weighted by molar-refractivity contribution is 8.38. The Bertz CT molecular complexity index is 847. The second kappa shape index (κ2) is 8.64. The maximum absolute atomic E-state index is 12.6. The number of likely N-dealkylation sites (N-methyl/N-ethyl adjacent to an activating group) is 1. The van der Waals surface area contributed by atoms with Crippen molar-refractivity contribution in [2.75, 3.05) is 18.8 Å². The van der Waals surface area contributed by atoms with Crippen LogP contribution < -0.4 is 5.32 Å². The average molecular weight is 393 g/mol. The molecule has 3 rings (SSSR count). The Morgan fingerprint density at radius 1 is 1.42 bits per heavy atom. The summed E-state index contributed by atoms with van der Waals surface area (Å²) in [6.07, 6.45) is -0.883. The van der Waals surface area contributed by atoms with E-state index in [1.807, 2.05) is 31.2 Å². The van der Waals surface area contributed by atoms with Crippen LogP contribution >= 0.6 is 23.5 Å². The van der Waals surface area contributed by atoms with Gasteiger partial charge in [-0.3, -0.25) is 9.79 Å². The Labute approximate surface area is 160 Å². The van der Waals surface area contributed by atoms with Crippen LogP contribution in [0.2, 0.25) is 0 Å². The monoisotopic (exact) mass is 392 g/mol. The molecular formula is C18H20N2O4S2. The number of amides is 1. The van der Waals surface area contributed by atoms with E-state index in [1.54, 1.807) is 30.4 Å². The van der Waals surface area contributed by atoms with Crippen LogP contribution in [0.1, 0.15) is 30.0 Å². The van der Waals surface area contributed by atoms with Crippen LogP contribution in [0.3, 0.4) is 0 Å². The van der Waals surface area contributed by atoms with Gasteiger partial charge in [0.15, 0.2) is 6.10 Å². The molecule has 1 aliphatic rings. The van der Waals surface area contributed by atoms with Crippen LogP contribution in [0.4, 0.5) is 0 Å². The van der Waals surface area contributed by atoms with E-state index in [-0.39, 0.29) is 11.7 Å². The zero-order chi connectivity index (χ0) is 18.5. The SMILES string of the molecule is CCNC(=O)[C@@H](C)OC(=O)c1oc2ccccc2c1CSC1=NCCS1. The highest BCUT2D eigenvalue weighted by Crippen LogP contribution is 2.33. The number of benzene rings is 1. The summed E-state index contributed by atoms with van der Waals surface area (Å²) >= 11 is 3.30. The minimum Gasteiger partial charge on any atom is -0.449 e. The van der Waals surface area contributed by atoms with Gasteiger partial charge in [-0.2, -0.15) is 0 Å². The van der Waals surface area contributed by atoms with E-state index in [0.717, 1.165) is 27.6 Å². The molecule has 0 aliphatic carbocycles. The fourth-order valence-corrected chi connectivity index (χ4v) is 4.57. The number of carbonyl (C=O) groups excluding carboxylic acids is 2. The molecule has 0 spiro atoms. The number of esters is 1. The number of nitrogens with one attached hydrogen (secondary N) is 1. The summed E-state index contributed by atoms with van der Waals surface area (Å²) in [5.41, 5.74) is 1.40. The molecule has 2 aromatic rings. The zero-order valence-electron chi connectivity index (χ0n) is 14.6. The van der Waals surface area contributed by atoms with Gasteiger partial charge in [-0.25, -0.2) is 4.79 Å². The first-order chi connectivity index (χ1) is 12.6. The van der Waals surface area contributed by atoms with Crippen molar-refractivity contribution < 1.29 is 18.7 Å². The van der Waals surface area contributed by atoms with Crippen LogP contribution in [-0.2, 0) is 15.3 Å². The molecule has 1 N–H and O–H groups in total. The maximum atomic E-state index is 12.6. The van der Waals surface area contributed by atoms with E-state index in [4.69, 9.17) is 9.15 Å². The van der Waals surface area contributed by atoms with Crippen molar-refractivity contribution >= 4 is 50.7 Å². The number of ether oxygens (including phenoxy) is 1. The molecule has 26 heavy (non-hydrogen) atoms. The summed E-state index contributed by atoms with van der Waals surface area (Å²) in [5.74, 6) is 0.746. The molecule has 1 aromatic carbocycles. The van der Waals surface area contributed by atoms with E-state index in [1.165, 1.54) is 0 Å². The lowest BCUT2D eigenvalue weighted by molar-refractivity contribution is -0.129. The molecule has 0 fully saturated rings. The van der Waals surface area contributed by atoms with Gasteiger partial charge in [0.2, 0.25) is 5.76 Å². The molecule has 138 valence electrons. The van der Waals surface area contributed by atoms with E-state index >= 15 is 0 Å². The number of fused-ring (bicyclic) bond motifs is 1. The standard InChI is InChI=1S/C18H20N2O4S2/c1-3-19-16(21)11(2)23-17(22)15-13(10-26-18-20-8-9-25-18)12-6-4-5-7-14(12)24-15/h4-7,11H,3,8-10H2,1-2H3,(H,19,21)/t11-/m1/s1. The molecule has 1 aliphatic heterocycles. The molecule has 0 unspecified atom stereocenters. The molecule has 1 amide bonds. The number of furan rings is 1. The lowest BCUT2D eigenvalue weighted by Crippen LogP contribution is -2.35. The van der Waals surface area contributed by atoms with Crippen molar-refractivity contribution in [2.45, 2.75) is 25.7 Å². The lowest BCUT2D eigenvalue weighted by atomic mass is 10.1. The molecule has 0 radical (unpaired) electrons. The van der Waals surface area contributed by atoms with Crippen molar-refractivity contribution in [1.29, 1.82) is 0 Å². The molecule has 0 bridgehead atoms. The summed E-state index contributed by atoms with van der Waals surface area (Å²) < 4.78 is 12.1. The largest absolute Gasteiger partial charge is 0.449 e. The third-order valence-corrected chi connectivity index (χ3v) is 6.06. The minimum absolute atomic E-state index is 0.151. The molecule has 2 heterocycles. The number of para-hydroxylation sites is 1. The number of thioether (sulfide) groups is 2.